The van der Waals surface area contributed by atoms with Gasteiger partial charge in [0, 0.05) is 115 Å². The Morgan fingerprint density at radius 3 is 0.877 bits per heavy atom. The molecular weight excluding hydrogens is 1690 g/mol. The van der Waals surface area contributed by atoms with Crippen LogP contribution >= 0.6 is 0 Å². The first-order valence-electron chi connectivity index (χ1n) is 45.9. The molecule has 0 N–H and O–H groups in total. The van der Waals surface area contributed by atoms with Gasteiger partial charge in [-0.25, -0.2) is 24.9 Å². The Balaban J connectivity index is 0.000000107. The normalized spacial score (nSPS) is 11.6. The van der Waals surface area contributed by atoms with E-state index in [4.69, 9.17) is 58.1 Å². The molecule has 0 aliphatic heterocycles. The van der Waals surface area contributed by atoms with Crippen molar-refractivity contribution in [2.75, 3.05) is 0 Å². The average molecular weight is 1770 g/mol. The van der Waals surface area contributed by atoms with Gasteiger partial charge in [0.15, 0.2) is 40.8 Å². The van der Waals surface area contributed by atoms with Crippen molar-refractivity contribution in [1.29, 1.82) is 0 Å². The molecule has 0 spiro atoms. The Hall–Kier alpha value is -19.0. The minimum Gasteiger partial charge on any atom is -0.456 e. The highest BCUT2D eigenvalue weighted by atomic mass is 16.3. The topological polar surface area (TPSA) is 170 Å². The van der Waals surface area contributed by atoms with Crippen molar-refractivity contribution in [2.45, 2.75) is 0 Å². The molecule has 0 fully saturated rings. The van der Waals surface area contributed by atoms with Gasteiger partial charge < -0.3 is 17.8 Å². The molecule has 138 heavy (non-hydrogen) atoms. The van der Waals surface area contributed by atoms with Gasteiger partial charge in [0.1, 0.15) is 33.5 Å². The Morgan fingerprint density at radius 2 is 0.420 bits per heavy atom. The number of para-hydroxylation sites is 10. The van der Waals surface area contributed by atoms with Crippen molar-refractivity contribution >= 4 is 131 Å². The van der Waals surface area contributed by atoms with E-state index in [0.717, 1.165) is 198 Å². The quantitative estimate of drug-likeness (QED) is 0.107. The largest absolute Gasteiger partial charge is 0.456 e. The van der Waals surface area contributed by atoms with Crippen molar-refractivity contribution in [3.63, 3.8) is 0 Å². The number of hydrogen-bond donors (Lipinski definition) is 0. The summed E-state index contributed by atoms with van der Waals surface area (Å²) in [4.78, 5) is 45.5. The van der Waals surface area contributed by atoms with E-state index in [-0.39, 0.29) is 0 Å². The van der Waals surface area contributed by atoms with Gasteiger partial charge in [-0.3, -0.25) is 9.13 Å². The lowest BCUT2D eigenvalue weighted by molar-refractivity contribution is 0.668. The Kier molecular flexibility index (Phi) is 19.5. The molecule has 0 atom stereocenters. The first-order chi connectivity index (χ1) is 68.4. The molecule has 0 saturated heterocycles. The maximum atomic E-state index is 6.37. The van der Waals surface area contributed by atoms with Crippen LogP contribution in [0.3, 0.4) is 0 Å². The number of fused-ring (bicyclic) bond motifs is 18. The van der Waals surface area contributed by atoms with Crippen LogP contribution in [0.1, 0.15) is 0 Å². The number of rotatable bonds is 13. The van der Waals surface area contributed by atoms with Crippen LogP contribution in [0.5, 0.6) is 0 Å². The van der Waals surface area contributed by atoms with Crippen LogP contribution in [0.15, 0.2) is 474 Å². The Labute approximate surface area is 789 Å². The molecule has 15 heteroatoms. The standard InChI is InChI=1S/C45H28N4O.2C39H24N4O/c1-2-12-29(13-3-1)43-46-44(32-15-10-14-30(26-32)31-24-25-38-37-20-6-9-23-41(37)50-42(38)28-31)48-45(47-43)33-16-11-17-34(27-33)49-39-21-7-4-18-35(39)36-19-5-8-22-40(36)49;1-2-12-25(13-3-1)37-40-38(42-39(41-37)43-33-21-7-4-16-29(33)30-17-5-8-22-34(30)43)27-15-10-14-26(24-27)28-19-11-20-32-31-18-6-9-23-35(31)44-36(28)32;1-2-11-25(12-3-1)37-40-38(42-39(41-37)43-33-18-7-4-15-29(33)30-16-5-8-19-34(30)43)28-14-10-13-26(23-28)27-21-22-36-32(24-27)31-17-6-9-20-35(31)44-36/h1-28H;2*1-24H. The summed E-state index contributed by atoms with van der Waals surface area (Å²) in [5, 5.41) is 13.7. The highest BCUT2D eigenvalue weighted by Crippen LogP contribution is 2.43. The molecule has 0 amide bonds. The summed E-state index contributed by atoms with van der Waals surface area (Å²) in [6.45, 7) is 0. The first-order valence-corrected chi connectivity index (χ1v) is 45.9. The second-order valence-corrected chi connectivity index (χ2v) is 34.3. The monoisotopic (exact) mass is 1770 g/mol. The fourth-order valence-corrected chi connectivity index (χ4v) is 19.5. The zero-order valence-corrected chi connectivity index (χ0v) is 74.0. The van der Waals surface area contributed by atoms with Gasteiger partial charge >= 0.3 is 0 Å². The Bertz CT molecular complexity index is 9480. The predicted molar refractivity (Wildman–Crippen MR) is 559 cm³/mol. The SMILES string of the molecule is c1ccc(-c2nc(-c3cccc(-c4ccc5c(c4)oc4ccccc45)c3)nc(-c3cccc(-n4c5ccccc5c5ccccc54)c3)n2)cc1.c1ccc(-c2nc(-c3cccc(-c4ccc5oc6ccccc6c5c4)c3)nc(-n3c4ccccc4c4ccccc43)n2)cc1.c1ccc(-c2nc(-c3cccc(-c4cccc5c4oc4ccccc45)c3)nc(-n3c4ccccc4c4ccccc43)n2)cc1. The van der Waals surface area contributed by atoms with Crippen LogP contribution in [0.4, 0.5) is 0 Å². The third-order valence-corrected chi connectivity index (χ3v) is 26.0. The van der Waals surface area contributed by atoms with Crippen LogP contribution in [0, 0.1) is 0 Å². The fourth-order valence-electron chi connectivity index (χ4n) is 19.5. The molecule has 0 unspecified atom stereocenters. The number of nitrogens with zero attached hydrogens (tertiary/aromatic N) is 12. The number of furan rings is 3. The van der Waals surface area contributed by atoms with Gasteiger partial charge in [0.2, 0.25) is 11.9 Å². The van der Waals surface area contributed by atoms with Gasteiger partial charge in [0.05, 0.1) is 33.1 Å². The van der Waals surface area contributed by atoms with Gasteiger partial charge in [-0.05, 0) is 137 Å². The number of hydrogen-bond acceptors (Lipinski definition) is 12. The summed E-state index contributed by atoms with van der Waals surface area (Å²) in [6.07, 6.45) is 0. The van der Waals surface area contributed by atoms with E-state index in [0.29, 0.717) is 52.7 Å². The molecule has 0 bridgehead atoms. The lowest BCUT2D eigenvalue weighted by atomic mass is 10.0. The van der Waals surface area contributed by atoms with Crippen molar-refractivity contribution < 1.29 is 13.3 Å². The van der Waals surface area contributed by atoms with Crippen molar-refractivity contribution in [2.24, 2.45) is 0 Å². The lowest BCUT2D eigenvalue weighted by Crippen LogP contribution is -2.06. The van der Waals surface area contributed by atoms with Gasteiger partial charge in [-0.1, -0.05) is 352 Å². The third-order valence-electron chi connectivity index (χ3n) is 26.0. The maximum Gasteiger partial charge on any atom is 0.238 e. The number of aromatic nitrogens is 12. The van der Waals surface area contributed by atoms with E-state index >= 15 is 0 Å². The molecule has 9 aromatic heterocycles. The molecule has 9 heterocycles. The van der Waals surface area contributed by atoms with E-state index in [2.05, 4.69) is 323 Å². The van der Waals surface area contributed by atoms with Crippen LogP contribution in [-0.2, 0) is 0 Å². The maximum absolute atomic E-state index is 6.37. The molecule has 0 aliphatic carbocycles. The van der Waals surface area contributed by atoms with Gasteiger partial charge in [0.25, 0.3) is 0 Å². The summed E-state index contributed by atoms with van der Waals surface area (Å²) < 4.78 is 25.2. The van der Waals surface area contributed by atoms with Crippen LogP contribution in [0.25, 0.3) is 262 Å². The van der Waals surface area contributed by atoms with Crippen LogP contribution in [0.2, 0.25) is 0 Å². The molecule has 0 radical (unpaired) electrons. The fraction of sp³-hybridized carbons (Fsp3) is 0. The smallest absolute Gasteiger partial charge is 0.238 e. The van der Waals surface area contributed by atoms with Crippen LogP contribution < -0.4 is 0 Å². The van der Waals surface area contributed by atoms with E-state index in [1.54, 1.807) is 0 Å². The summed E-state index contributed by atoms with van der Waals surface area (Å²) >= 11 is 0. The van der Waals surface area contributed by atoms with E-state index in [1.807, 2.05) is 152 Å². The first kappa shape index (κ1) is 79.9. The molecule has 28 aromatic rings. The van der Waals surface area contributed by atoms with Crippen molar-refractivity contribution in [1.82, 2.24) is 58.6 Å². The molecule has 646 valence electrons. The zero-order valence-electron chi connectivity index (χ0n) is 74.0. The highest BCUT2D eigenvalue weighted by Gasteiger charge is 2.25. The predicted octanol–water partition coefficient (Wildman–Crippen LogP) is 31.3. The van der Waals surface area contributed by atoms with Crippen molar-refractivity contribution in [3.8, 4) is 131 Å². The van der Waals surface area contributed by atoms with E-state index in [9.17, 15) is 0 Å². The number of benzene rings is 19. The molecule has 19 aromatic carbocycles. The summed E-state index contributed by atoms with van der Waals surface area (Å²) in [5.41, 5.74) is 25.7. The second kappa shape index (κ2) is 33.7. The Morgan fingerprint density at radius 1 is 0.145 bits per heavy atom. The summed E-state index contributed by atoms with van der Waals surface area (Å²) in [5.74, 6) is 5.50. The zero-order chi connectivity index (χ0) is 91.1. The molecule has 0 aliphatic rings. The van der Waals surface area contributed by atoms with Gasteiger partial charge in [-0.15, -0.1) is 0 Å². The van der Waals surface area contributed by atoms with E-state index < -0.39 is 0 Å². The minimum atomic E-state index is 0.580. The third kappa shape index (κ3) is 14.3. The summed E-state index contributed by atoms with van der Waals surface area (Å²) in [7, 11) is 0. The van der Waals surface area contributed by atoms with Crippen LogP contribution in [-0.4, -0.2) is 58.6 Å². The second-order valence-electron chi connectivity index (χ2n) is 34.3. The van der Waals surface area contributed by atoms with E-state index in [1.165, 1.54) is 10.8 Å². The molecular formula is C123H76N12O3. The lowest BCUT2D eigenvalue weighted by Gasteiger charge is -2.12. The van der Waals surface area contributed by atoms with Gasteiger partial charge in [-0.2, -0.15) is 19.9 Å². The highest BCUT2D eigenvalue weighted by molar-refractivity contribution is 6.14. The van der Waals surface area contributed by atoms with Crippen molar-refractivity contribution in [3.05, 3.63) is 461 Å². The average Bonchev–Trinajstić information content (AvgIpc) is 1.58. The molecule has 0 saturated carbocycles. The summed E-state index contributed by atoms with van der Waals surface area (Å²) in [6, 6.07) is 158. The minimum absolute atomic E-state index is 0.580. The molecule has 15 nitrogen and oxygen atoms in total. The molecule has 28 rings (SSSR count).